The molecule has 8 N–H and O–H groups in total. The van der Waals surface area contributed by atoms with Gasteiger partial charge < -0.3 is 55.3 Å². The number of unbranched alkanes of at least 4 members (excludes halogenated alkanes) is 2. The van der Waals surface area contributed by atoms with Gasteiger partial charge in [0.25, 0.3) is 0 Å². The maximum absolute atomic E-state index is 13.7. The number of aliphatic carboxylic acids is 1. The third-order valence-electron chi connectivity index (χ3n) is 18.4. The van der Waals surface area contributed by atoms with Crippen LogP contribution in [0.4, 0.5) is 0 Å². The fourth-order valence-corrected chi connectivity index (χ4v) is 14.8. The molecule has 0 amide bonds. The summed E-state index contributed by atoms with van der Waals surface area (Å²) in [4.78, 5) is 13.7. The molecule has 5 fully saturated rings. The molecule has 5 aliphatic carbocycles. The van der Waals surface area contributed by atoms with Crippen LogP contribution in [0.25, 0.3) is 0 Å². The van der Waals surface area contributed by atoms with Gasteiger partial charge in [-0.3, -0.25) is 4.79 Å². The summed E-state index contributed by atoms with van der Waals surface area (Å²) < 4.78 is 19.6. The molecule has 0 unspecified atom stereocenters. The van der Waals surface area contributed by atoms with Crippen LogP contribution in [0.1, 0.15) is 123 Å². The highest BCUT2D eigenvalue weighted by Crippen LogP contribution is 2.77. The zero-order valence-electron chi connectivity index (χ0n) is 37.8. The van der Waals surface area contributed by atoms with Crippen LogP contribution in [0.3, 0.4) is 0 Å². The monoisotopic (exact) mass is 856 g/mol. The number of nitrogens with one attached hydrogen (secondary N) is 1. The van der Waals surface area contributed by atoms with Crippen molar-refractivity contribution >= 4 is 5.97 Å². The molecule has 17 atom stereocenters. The second-order valence-electron chi connectivity index (χ2n) is 21.7. The van der Waals surface area contributed by atoms with Crippen LogP contribution in [0.15, 0.2) is 35.9 Å². The Kier molecular flexibility index (Phi) is 13.4. The first-order valence-corrected chi connectivity index (χ1v) is 23.3. The van der Waals surface area contributed by atoms with Crippen molar-refractivity contribution in [3.63, 3.8) is 0 Å². The SMILES string of the molecule is CCCCC[C@H]1C[C@@]2(C(=O)O)[C@@H](O)C[C@](C)(CO)C[C@H]2C2=CC[C@@H]3[C@@]4(C)C[C@@H](OCc5ccc(CNC)cc5)[C@@H](O[C@@H]5OC[C@@H](O)[C@H](O)[C@H]5O)[C@@](C)(CO)[C@H]4CC[C@@]3(C)[C@@]21C. The van der Waals surface area contributed by atoms with E-state index < -0.39 is 76.5 Å². The summed E-state index contributed by atoms with van der Waals surface area (Å²) >= 11 is 0. The van der Waals surface area contributed by atoms with Crippen LogP contribution in [-0.4, -0.2) is 111 Å². The molecule has 1 heterocycles. The van der Waals surface area contributed by atoms with Gasteiger partial charge in [0.1, 0.15) is 23.7 Å². The van der Waals surface area contributed by atoms with Crippen molar-refractivity contribution in [1.82, 2.24) is 5.32 Å². The topological polar surface area (TPSA) is 198 Å². The first kappa shape index (κ1) is 47.0. The summed E-state index contributed by atoms with van der Waals surface area (Å²) in [5, 5.41) is 80.8. The Balaban J connectivity index is 1.31. The second-order valence-corrected chi connectivity index (χ2v) is 21.7. The summed E-state index contributed by atoms with van der Waals surface area (Å²) in [7, 11) is 1.91. The summed E-state index contributed by atoms with van der Waals surface area (Å²) in [6, 6.07) is 8.27. The largest absolute Gasteiger partial charge is 0.481 e. The fraction of sp³-hybridized carbons (Fsp3) is 0.816. The molecule has 1 saturated heterocycles. The van der Waals surface area contributed by atoms with Crippen LogP contribution in [-0.2, 0) is 32.2 Å². The van der Waals surface area contributed by atoms with Gasteiger partial charge >= 0.3 is 5.97 Å². The number of rotatable bonds is 14. The van der Waals surface area contributed by atoms with E-state index in [-0.39, 0.29) is 61.4 Å². The number of carbonyl (C=O) groups is 1. The van der Waals surface area contributed by atoms with Crippen molar-refractivity contribution in [2.24, 2.45) is 56.2 Å². The maximum Gasteiger partial charge on any atom is 0.312 e. The number of hydrogen-bond acceptors (Lipinski definition) is 11. The first-order chi connectivity index (χ1) is 28.8. The number of allylic oxidation sites excluding steroid dienone is 2. The van der Waals surface area contributed by atoms with Gasteiger partial charge in [-0.25, -0.2) is 0 Å². The van der Waals surface area contributed by atoms with Crippen LogP contribution < -0.4 is 5.32 Å². The third-order valence-corrected chi connectivity index (χ3v) is 18.4. The highest BCUT2D eigenvalue weighted by atomic mass is 16.7. The molecule has 1 aromatic carbocycles. The van der Waals surface area contributed by atoms with Gasteiger partial charge in [0.15, 0.2) is 6.29 Å². The van der Waals surface area contributed by atoms with E-state index in [1.807, 2.05) is 14.0 Å². The maximum atomic E-state index is 13.7. The van der Waals surface area contributed by atoms with Gasteiger partial charge in [-0.2, -0.15) is 0 Å². The number of aliphatic hydroxyl groups excluding tert-OH is 6. The van der Waals surface area contributed by atoms with Crippen molar-refractivity contribution in [2.45, 2.75) is 168 Å². The highest BCUT2D eigenvalue weighted by Gasteiger charge is 2.74. The second kappa shape index (κ2) is 17.4. The number of benzene rings is 1. The number of hydrogen-bond donors (Lipinski definition) is 8. The van der Waals surface area contributed by atoms with E-state index in [1.165, 1.54) is 0 Å². The third kappa shape index (κ3) is 7.48. The lowest BCUT2D eigenvalue weighted by Crippen LogP contribution is -2.71. The van der Waals surface area contributed by atoms with E-state index in [0.29, 0.717) is 25.7 Å². The molecule has 0 aromatic heterocycles. The molecule has 0 bridgehead atoms. The fourth-order valence-electron chi connectivity index (χ4n) is 14.8. The summed E-state index contributed by atoms with van der Waals surface area (Å²) in [5.74, 6) is -1.27. The summed E-state index contributed by atoms with van der Waals surface area (Å²) in [5.41, 5.74) is -0.594. The van der Waals surface area contributed by atoms with Crippen molar-refractivity contribution in [3.8, 4) is 0 Å². The van der Waals surface area contributed by atoms with Crippen LogP contribution in [0.2, 0.25) is 0 Å². The molecule has 1 aromatic rings. The molecular weight excluding hydrogens is 779 g/mol. The van der Waals surface area contributed by atoms with E-state index >= 15 is 0 Å². The molecule has 7 rings (SSSR count). The van der Waals surface area contributed by atoms with Gasteiger partial charge in [-0.05, 0) is 115 Å². The molecule has 6 aliphatic rings. The number of aliphatic hydroxyl groups is 6. The minimum Gasteiger partial charge on any atom is -0.481 e. The molecular formula is C49H77NO11. The predicted molar refractivity (Wildman–Crippen MR) is 230 cm³/mol. The Morgan fingerprint density at radius 1 is 0.902 bits per heavy atom. The van der Waals surface area contributed by atoms with Gasteiger partial charge in [-0.1, -0.05) is 96.7 Å². The van der Waals surface area contributed by atoms with Gasteiger partial charge in [0.05, 0.1) is 38.1 Å². The van der Waals surface area contributed by atoms with E-state index in [0.717, 1.165) is 61.8 Å². The standard InChI is InChI=1S/C49H77NO11/c1-8-9-10-11-31-20-49(43(57)58)33(21-44(2,27-51)23-38(49)54)32-16-17-37-45(3)22-35(59-25-30-14-12-29(13-15-30)24-50-7)41(61-42-40(56)39(55)34(53)26-60-42)46(4,28-52)36(45)18-19-47(37,5)48(31,32)6/h12-16,31,33-42,50-56H,8-11,17-28H2,1-7H3,(H,57,58)/t31-,33-,34+,35+,36-,37+,38-,39-,40+,41+,42-,44+,45-,46-,47+,48+,49-/m0/s1. The molecule has 0 spiro atoms. The molecule has 344 valence electrons. The van der Waals surface area contributed by atoms with Crippen LogP contribution in [0.5, 0.6) is 0 Å². The zero-order chi connectivity index (χ0) is 44.3. The van der Waals surface area contributed by atoms with E-state index in [1.54, 1.807) is 0 Å². The smallest absolute Gasteiger partial charge is 0.312 e. The zero-order valence-corrected chi connectivity index (χ0v) is 37.8. The van der Waals surface area contributed by atoms with E-state index in [2.05, 4.69) is 70.3 Å². The Morgan fingerprint density at radius 2 is 1.61 bits per heavy atom. The van der Waals surface area contributed by atoms with Gasteiger partial charge in [0, 0.05) is 18.6 Å². The van der Waals surface area contributed by atoms with E-state index in [9.17, 15) is 40.5 Å². The van der Waals surface area contributed by atoms with Crippen molar-refractivity contribution < 1.29 is 54.8 Å². The van der Waals surface area contributed by atoms with Crippen molar-refractivity contribution in [2.75, 3.05) is 26.9 Å². The van der Waals surface area contributed by atoms with E-state index in [4.69, 9.17) is 14.2 Å². The molecule has 12 heteroatoms. The molecule has 12 nitrogen and oxygen atoms in total. The number of ether oxygens (including phenoxy) is 3. The number of fused-ring (bicyclic) bond motifs is 7. The summed E-state index contributed by atoms with van der Waals surface area (Å²) in [6.45, 7) is 13.9. The molecule has 1 aliphatic heterocycles. The minimum absolute atomic E-state index is 0.00673. The Morgan fingerprint density at radius 3 is 2.25 bits per heavy atom. The lowest BCUT2D eigenvalue weighted by Gasteiger charge is -2.73. The summed E-state index contributed by atoms with van der Waals surface area (Å²) in [6.07, 6.45) is 2.51. The minimum atomic E-state index is -1.50. The highest BCUT2D eigenvalue weighted by molar-refractivity contribution is 5.78. The average molecular weight is 856 g/mol. The van der Waals surface area contributed by atoms with Crippen LogP contribution in [0, 0.1) is 56.2 Å². The Hall–Kier alpha value is -1.97. The van der Waals surface area contributed by atoms with Gasteiger partial charge in [0.2, 0.25) is 0 Å². The van der Waals surface area contributed by atoms with Crippen molar-refractivity contribution in [1.29, 1.82) is 0 Å². The Labute approximate surface area is 363 Å². The lowest BCUT2D eigenvalue weighted by atomic mass is 9.31. The van der Waals surface area contributed by atoms with Crippen LogP contribution >= 0.6 is 0 Å². The number of carboxylic acids is 1. The number of carboxylic acid groups (broad SMARTS) is 1. The average Bonchev–Trinajstić information content (AvgIpc) is 3.22. The lowest BCUT2D eigenvalue weighted by molar-refractivity contribution is -0.333. The van der Waals surface area contributed by atoms with Gasteiger partial charge in [-0.15, -0.1) is 0 Å². The first-order valence-electron chi connectivity index (χ1n) is 23.3. The molecule has 0 radical (unpaired) electrons. The quantitative estimate of drug-likeness (QED) is 0.0681. The molecule has 4 saturated carbocycles. The normalized spacial score (nSPS) is 47.0. The predicted octanol–water partition coefficient (Wildman–Crippen LogP) is 5.33. The Bertz CT molecular complexity index is 1740. The molecule has 61 heavy (non-hydrogen) atoms. The van der Waals surface area contributed by atoms with Crippen molar-refractivity contribution in [3.05, 3.63) is 47.0 Å².